The van der Waals surface area contributed by atoms with Crippen LogP contribution in [0.5, 0.6) is 5.75 Å². The van der Waals surface area contributed by atoms with E-state index < -0.39 is 0 Å². The van der Waals surface area contributed by atoms with Crippen LogP contribution >= 0.6 is 0 Å². The Kier molecular flexibility index (Phi) is 2.21. The van der Waals surface area contributed by atoms with Gasteiger partial charge in [-0.1, -0.05) is 48.5 Å². The van der Waals surface area contributed by atoms with Gasteiger partial charge < -0.3 is 4.74 Å². The zero-order valence-corrected chi connectivity index (χ0v) is 11.0. The summed E-state index contributed by atoms with van der Waals surface area (Å²) in [5, 5.41) is 2.07. The third-order valence-electron chi connectivity index (χ3n) is 3.89. The fourth-order valence-corrected chi connectivity index (χ4v) is 3.01. The quantitative estimate of drug-likeness (QED) is 0.516. The predicted molar refractivity (Wildman–Crippen MR) is 79.4 cm³/mol. The van der Waals surface area contributed by atoms with E-state index in [1.54, 1.807) is 7.11 Å². The molecule has 0 amide bonds. The van der Waals surface area contributed by atoms with E-state index in [-0.39, 0.29) is 5.78 Å². The molecule has 0 N–H and O–H groups in total. The molecule has 96 valence electrons. The van der Waals surface area contributed by atoms with Crippen LogP contribution in [0.3, 0.4) is 0 Å². The van der Waals surface area contributed by atoms with Crippen molar-refractivity contribution in [1.82, 2.24) is 0 Å². The average Bonchev–Trinajstić information content (AvgIpc) is 2.79. The van der Waals surface area contributed by atoms with Gasteiger partial charge in [0.05, 0.1) is 12.7 Å². The van der Waals surface area contributed by atoms with Gasteiger partial charge in [-0.2, -0.15) is 0 Å². The topological polar surface area (TPSA) is 26.3 Å². The van der Waals surface area contributed by atoms with Gasteiger partial charge in [-0.3, -0.25) is 4.79 Å². The van der Waals surface area contributed by atoms with E-state index in [1.165, 1.54) is 0 Å². The highest BCUT2D eigenvalue weighted by Gasteiger charge is 2.30. The molecule has 0 spiro atoms. The van der Waals surface area contributed by atoms with Gasteiger partial charge in [0.25, 0.3) is 0 Å². The van der Waals surface area contributed by atoms with Gasteiger partial charge in [-0.05, 0) is 22.6 Å². The first-order valence-corrected chi connectivity index (χ1v) is 6.55. The fourth-order valence-electron chi connectivity index (χ4n) is 3.01. The lowest BCUT2D eigenvalue weighted by Gasteiger charge is -2.10. The maximum Gasteiger partial charge on any atom is 0.198 e. The Bertz CT molecular complexity index is 862. The van der Waals surface area contributed by atoms with Crippen LogP contribution in [0.25, 0.3) is 21.9 Å². The first-order chi connectivity index (χ1) is 9.81. The highest BCUT2D eigenvalue weighted by molar-refractivity contribution is 6.25. The van der Waals surface area contributed by atoms with E-state index >= 15 is 0 Å². The van der Waals surface area contributed by atoms with E-state index in [4.69, 9.17) is 4.74 Å². The molecular formula is C18H12O2. The molecule has 3 aromatic carbocycles. The summed E-state index contributed by atoms with van der Waals surface area (Å²) in [7, 11) is 1.62. The Labute approximate surface area is 116 Å². The summed E-state index contributed by atoms with van der Waals surface area (Å²) >= 11 is 0. The number of fused-ring (bicyclic) bond motifs is 4. The summed E-state index contributed by atoms with van der Waals surface area (Å²) in [6, 6.07) is 17.8. The Balaban J connectivity index is 2.19. The summed E-state index contributed by atoms with van der Waals surface area (Å²) in [6.07, 6.45) is 0. The van der Waals surface area contributed by atoms with Crippen molar-refractivity contribution < 1.29 is 9.53 Å². The van der Waals surface area contributed by atoms with Gasteiger partial charge in [-0.15, -0.1) is 0 Å². The van der Waals surface area contributed by atoms with Gasteiger partial charge in [0, 0.05) is 10.9 Å². The summed E-state index contributed by atoms with van der Waals surface area (Å²) in [5.41, 5.74) is 3.42. The third kappa shape index (κ3) is 1.31. The lowest BCUT2D eigenvalue weighted by atomic mass is 9.99. The maximum absolute atomic E-state index is 12.6. The molecule has 0 radical (unpaired) electrons. The van der Waals surface area contributed by atoms with Gasteiger partial charge in [0.2, 0.25) is 0 Å². The van der Waals surface area contributed by atoms with Crippen LogP contribution in [0.4, 0.5) is 0 Å². The van der Waals surface area contributed by atoms with Crippen LogP contribution in [0.1, 0.15) is 15.9 Å². The van der Waals surface area contributed by atoms with Crippen molar-refractivity contribution in [3.8, 4) is 16.9 Å². The van der Waals surface area contributed by atoms with Gasteiger partial charge >= 0.3 is 0 Å². The molecule has 2 nitrogen and oxygen atoms in total. The van der Waals surface area contributed by atoms with Gasteiger partial charge in [0.1, 0.15) is 5.75 Å². The number of rotatable bonds is 1. The fraction of sp³-hybridized carbons (Fsp3) is 0.0556. The first kappa shape index (κ1) is 11.2. The van der Waals surface area contributed by atoms with Crippen LogP contribution in [-0.2, 0) is 0 Å². The zero-order chi connectivity index (χ0) is 13.7. The second kappa shape index (κ2) is 3.94. The van der Waals surface area contributed by atoms with Crippen LogP contribution in [0.15, 0.2) is 54.6 Å². The summed E-state index contributed by atoms with van der Waals surface area (Å²) in [4.78, 5) is 12.6. The van der Waals surface area contributed by atoms with E-state index in [0.717, 1.165) is 27.5 Å². The average molecular weight is 260 g/mol. The molecule has 0 aromatic heterocycles. The molecule has 0 fully saturated rings. The van der Waals surface area contributed by atoms with Crippen molar-refractivity contribution in [1.29, 1.82) is 0 Å². The molecule has 2 heteroatoms. The van der Waals surface area contributed by atoms with Crippen LogP contribution in [-0.4, -0.2) is 12.9 Å². The molecule has 1 aliphatic rings. The summed E-state index contributed by atoms with van der Waals surface area (Å²) < 4.78 is 5.55. The molecule has 3 aromatic rings. The molecule has 4 rings (SSSR count). The smallest absolute Gasteiger partial charge is 0.198 e. The standard InChI is InChI=1S/C18H12O2/c1-20-18-12-7-3-2-6-11(12)10-15-13-8-4-5-9-14(13)17(19)16(15)18/h2-10H,1H3. The molecule has 1 aliphatic carbocycles. The van der Waals surface area contributed by atoms with E-state index in [1.807, 2.05) is 48.5 Å². The minimum Gasteiger partial charge on any atom is -0.495 e. The van der Waals surface area contributed by atoms with Crippen molar-refractivity contribution in [2.75, 3.05) is 7.11 Å². The van der Waals surface area contributed by atoms with Crippen molar-refractivity contribution in [3.05, 3.63) is 65.7 Å². The Hall–Kier alpha value is -2.61. The number of carbonyl (C=O) groups excluding carboxylic acids is 1. The van der Waals surface area contributed by atoms with E-state index in [2.05, 4.69) is 6.07 Å². The molecular weight excluding hydrogens is 248 g/mol. The highest BCUT2D eigenvalue weighted by Crippen LogP contribution is 2.44. The minimum absolute atomic E-state index is 0.0539. The number of hydrogen-bond donors (Lipinski definition) is 0. The number of carbonyl (C=O) groups is 1. The molecule has 0 unspecified atom stereocenters. The molecule has 0 bridgehead atoms. The SMILES string of the molecule is COc1c2c(cc3ccccc13)-c1ccccc1C2=O. The predicted octanol–water partition coefficient (Wildman–Crippen LogP) is 4.06. The summed E-state index contributed by atoms with van der Waals surface area (Å²) in [5.74, 6) is 0.734. The maximum atomic E-state index is 12.6. The molecule has 0 aliphatic heterocycles. The number of ether oxygens (including phenoxy) is 1. The Morgan fingerprint density at radius 2 is 1.55 bits per heavy atom. The van der Waals surface area contributed by atoms with Crippen LogP contribution < -0.4 is 4.74 Å². The van der Waals surface area contributed by atoms with Gasteiger partial charge in [0.15, 0.2) is 5.78 Å². The summed E-state index contributed by atoms with van der Waals surface area (Å²) in [6.45, 7) is 0. The van der Waals surface area contributed by atoms with Crippen LogP contribution in [0, 0.1) is 0 Å². The second-order valence-electron chi connectivity index (χ2n) is 4.93. The number of methoxy groups -OCH3 is 1. The van der Waals surface area contributed by atoms with Gasteiger partial charge in [-0.25, -0.2) is 0 Å². The van der Waals surface area contributed by atoms with Crippen LogP contribution in [0.2, 0.25) is 0 Å². The number of hydrogen-bond acceptors (Lipinski definition) is 2. The van der Waals surface area contributed by atoms with E-state index in [9.17, 15) is 4.79 Å². The van der Waals surface area contributed by atoms with Crippen molar-refractivity contribution in [2.24, 2.45) is 0 Å². The number of benzene rings is 3. The zero-order valence-electron chi connectivity index (χ0n) is 11.0. The Morgan fingerprint density at radius 3 is 2.35 bits per heavy atom. The monoisotopic (exact) mass is 260 g/mol. The molecule has 0 atom stereocenters. The highest BCUT2D eigenvalue weighted by atomic mass is 16.5. The van der Waals surface area contributed by atoms with Crippen molar-refractivity contribution >= 4 is 16.6 Å². The lowest BCUT2D eigenvalue weighted by molar-refractivity contribution is 0.104. The van der Waals surface area contributed by atoms with Crippen molar-refractivity contribution in [3.63, 3.8) is 0 Å². The molecule has 0 saturated heterocycles. The van der Waals surface area contributed by atoms with Crippen molar-refractivity contribution in [2.45, 2.75) is 0 Å². The lowest BCUT2D eigenvalue weighted by Crippen LogP contribution is -1.99. The first-order valence-electron chi connectivity index (χ1n) is 6.55. The Morgan fingerprint density at radius 1 is 0.850 bits per heavy atom. The minimum atomic E-state index is 0.0539. The molecule has 0 saturated carbocycles. The van der Waals surface area contributed by atoms with E-state index in [0.29, 0.717) is 11.3 Å². The largest absolute Gasteiger partial charge is 0.495 e. The second-order valence-corrected chi connectivity index (χ2v) is 4.93. The molecule has 0 heterocycles. The number of ketones is 1. The normalized spacial score (nSPS) is 12.3. The third-order valence-corrected chi connectivity index (χ3v) is 3.89. The molecule has 20 heavy (non-hydrogen) atoms.